The van der Waals surface area contributed by atoms with E-state index in [1.807, 2.05) is 0 Å². The average molecular weight is 198 g/mol. The molecular formula is C12H26N2. The molecule has 1 aliphatic heterocycles. The van der Waals surface area contributed by atoms with Gasteiger partial charge in [0, 0.05) is 12.6 Å². The van der Waals surface area contributed by atoms with E-state index in [4.69, 9.17) is 0 Å². The van der Waals surface area contributed by atoms with Gasteiger partial charge in [0.2, 0.25) is 0 Å². The lowest BCUT2D eigenvalue weighted by Crippen LogP contribution is -2.38. The summed E-state index contributed by atoms with van der Waals surface area (Å²) in [4.78, 5) is 2.60. The quantitative estimate of drug-likeness (QED) is 0.703. The molecule has 0 amide bonds. The normalized spacial score (nSPS) is 25.5. The molecule has 0 bridgehead atoms. The second-order valence-electron chi connectivity index (χ2n) is 4.60. The smallest absolute Gasteiger partial charge is 0.0220 e. The maximum absolute atomic E-state index is 3.60. The third-order valence-corrected chi connectivity index (χ3v) is 3.47. The average Bonchev–Trinajstić information content (AvgIpc) is 2.65. The Kier molecular flexibility index (Phi) is 5.49. The number of likely N-dealkylation sites (N-methyl/N-ethyl adjacent to an activating group) is 1. The van der Waals surface area contributed by atoms with E-state index in [2.05, 4.69) is 31.0 Å². The zero-order valence-corrected chi connectivity index (χ0v) is 10.1. The molecule has 2 atom stereocenters. The van der Waals surface area contributed by atoms with E-state index in [0.29, 0.717) is 0 Å². The topological polar surface area (TPSA) is 15.3 Å². The molecule has 1 rings (SSSR count). The molecule has 0 aromatic carbocycles. The summed E-state index contributed by atoms with van der Waals surface area (Å²) in [6.45, 7) is 11.8. The van der Waals surface area contributed by atoms with Crippen molar-refractivity contribution in [2.75, 3.05) is 26.2 Å². The van der Waals surface area contributed by atoms with Crippen LogP contribution >= 0.6 is 0 Å². The molecule has 1 N–H and O–H groups in total. The number of nitrogens with one attached hydrogen (secondary N) is 1. The maximum atomic E-state index is 3.60. The van der Waals surface area contributed by atoms with Gasteiger partial charge in [-0.3, -0.25) is 4.90 Å². The van der Waals surface area contributed by atoms with E-state index in [9.17, 15) is 0 Å². The van der Waals surface area contributed by atoms with Crippen LogP contribution in [0.1, 0.15) is 40.0 Å². The summed E-state index contributed by atoms with van der Waals surface area (Å²) in [5, 5.41) is 3.60. The Bertz CT molecular complexity index is 147. The Hall–Kier alpha value is -0.0800. The number of rotatable bonds is 6. The standard InChI is InChI=1S/C12H26N2/c1-4-11(3)9-13-10-12-7-6-8-14(12)5-2/h11-13H,4-10H2,1-3H3/t11-,12-/m0/s1. The SMILES string of the molecule is CC[C@H](C)CNC[C@@H]1CCCN1CC. The van der Waals surface area contributed by atoms with Gasteiger partial charge >= 0.3 is 0 Å². The lowest BCUT2D eigenvalue weighted by atomic mass is 10.1. The molecule has 84 valence electrons. The Balaban J connectivity index is 2.11. The van der Waals surface area contributed by atoms with Crippen molar-refractivity contribution >= 4 is 0 Å². The summed E-state index contributed by atoms with van der Waals surface area (Å²) in [5.74, 6) is 0.825. The van der Waals surface area contributed by atoms with Gasteiger partial charge in [0.25, 0.3) is 0 Å². The number of likely N-dealkylation sites (tertiary alicyclic amines) is 1. The molecule has 1 heterocycles. The van der Waals surface area contributed by atoms with Gasteiger partial charge in [0.05, 0.1) is 0 Å². The molecule has 1 fully saturated rings. The second kappa shape index (κ2) is 6.41. The van der Waals surface area contributed by atoms with Crippen molar-refractivity contribution in [1.82, 2.24) is 10.2 Å². The molecule has 0 unspecified atom stereocenters. The van der Waals surface area contributed by atoms with Gasteiger partial charge in [-0.25, -0.2) is 0 Å². The van der Waals surface area contributed by atoms with Crippen molar-refractivity contribution in [2.45, 2.75) is 46.1 Å². The molecule has 2 heteroatoms. The first kappa shape index (κ1) is 12.0. The molecule has 0 aromatic heterocycles. The van der Waals surface area contributed by atoms with Gasteiger partial charge in [-0.05, 0) is 38.4 Å². The fourth-order valence-electron chi connectivity index (χ4n) is 2.18. The minimum atomic E-state index is 0.809. The highest BCUT2D eigenvalue weighted by molar-refractivity contribution is 4.80. The minimum absolute atomic E-state index is 0.809. The largest absolute Gasteiger partial charge is 0.315 e. The third-order valence-electron chi connectivity index (χ3n) is 3.47. The third kappa shape index (κ3) is 3.58. The van der Waals surface area contributed by atoms with Gasteiger partial charge in [-0.2, -0.15) is 0 Å². The molecule has 2 nitrogen and oxygen atoms in total. The van der Waals surface area contributed by atoms with Crippen molar-refractivity contribution in [3.05, 3.63) is 0 Å². The van der Waals surface area contributed by atoms with Crippen molar-refractivity contribution in [2.24, 2.45) is 5.92 Å². The maximum Gasteiger partial charge on any atom is 0.0220 e. The summed E-state index contributed by atoms with van der Waals surface area (Å²) in [6, 6.07) is 0.809. The first-order valence-electron chi connectivity index (χ1n) is 6.22. The van der Waals surface area contributed by atoms with Gasteiger partial charge in [-0.15, -0.1) is 0 Å². The van der Waals surface area contributed by atoms with Crippen LogP contribution < -0.4 is 5.32 Å². The molecule has 14 heavy (non-hydrogen) atoms. The Morgan fingerprint density at radius 1 is 1.43 bits per heavy atom. The van der Waals surface area contributed by atoms with Crippen LogP contribution in [0.4, 0.5) is 0 Å². The summed E-state index contributed by atoms with van der Waals surface area (Å²) >= 11 is 0. The van der Waals surface area contributed by atoms with Gasteiger partial charge in [-0.1, -0.05) is 27.2 Å². The molecule has 0 saturated carbocycles. The van der Waals surface area contributed by atoms with Crippen molar-refractivity contribution < 1.29 is 0 Å². The second-order valence-corrected chi connectivity index (χ2v) is 4.60. The highest BCUT2D eigenvalue weighted by Gasteiger charge is 2.22. The highest BCUT2D eigenvalue weighted by Crippen LogP contribution is 2.15. The zero-order valence-electron chi connectivity index (χ0n) is 10.1. The molecule has 1 aliphatic rings. The lowest BCUT2D eigenvalue weighted by Gasteiger charge is -2.23. The zero-order chi connectivity index (χ0) is 10.4. The van der Waals surface area contributed by atoms with E-state index in [1.165, 1.54) is 45.4 Å². The summed E-state index contributed by atoms with van der Waals surface area (Å²) in [6.07, 6.45) is 4.07. The number of hydrogen-bond donors (Lipinski definition) is 1. The van der Waals surface area contributed by atoms with E-state index >= 15 is 0 Å². The van der Waals surface area contributed by atoms with E-state index in [-0.39, 0.29) is 0 Å². The van der Waals surface area contributed by atoms with Crippen molar-refractivity contribution in [3.8, 4) is 0 Å². The molecule has 0 radical (unpaired) electrons. The fourth-order valence-corrected chi connectivity index (χ4v) is 2.18. The van der Waals surface area contributed by atoms with Crippen LogP contribution in [0, 0.1) is 5.92 Å². The van der Waals surface area contributed by atoms with Crippen LogP contribution in [0.5, 0.6) is 0 Å². The van der Waals surface area contributed by atoms with Crippen LogP contribution in [0.15, 0.2) is 0 Å². The number of hydrogen-bond acceptors (Lipinski definition) is 2. The van der Waals surface area contributed by atoms with Gasteiger partial charge in [0.15, 0.2) is 0 Å². The van der Waals surface area contributed by atoms with Gasteiger partial charge < -0.3 is 5.32 Å². The van der Waals surface area contributed by atoms with Crippen LogP contribution in [0.2, 0.25) is 0 Å². The Morgan fingerprint density at radius 2 is 2.21 bits per heavy atom. The predicted molar refractivity (Wildman–Crippen MR) is 62.6 cm³/mol. The minimum Gasteiger partial charge on any atom is -0.315 e. The summed E-state index contributed by atoms with van der Waals surface area (Å²) in [5.41, 5.74) is 0. The molecule has 0 aromatic rings. The van der Waals surface area contributed by atoms with E-state index in [1.54, 1.807) is 0 Å². The molecule has 0 aliphatic carbocycles. The molecular weight excluding hydrogens is 172 g/mol. The molecule has 0 spiro atoms. The Morgan fingerprint density at radius 3 is 2.86 bits per heavy atom. The van der Waals surface area contributed by atoms with Crippen LogP contribution in [0.3, 0.4) is 0 Å². The van der Waals surface area contributed by atoms with Crippen molar-refractivity contribution in [3.63, 3.8) is 0 Å². The van der Waals surface area contributed by atoms with Crippen LogP contribution in [0.25, 0.3) is 0 Å². The van der Waals surface area contributed by atoms with Crippen LogP contribution in [-0.4, -0.2) is 37.1 Å². The summed E-state index contributed by atoms with van der Waals surface area (Å²) < 4.78 is 0. The lowest BCUT2D eigenvalue weighted by molar-refractivity contribution is 0.257. The number of nitrogens with zero attached hydrogens (tertiary/aromatic N) is 1. The fraction of sp³-hybridized carbons (Fsp3) is 1.00. The van der Waals surface area contributed by atoms with E-state index in [0.717, 1.165) is 12.0 Å². The van der Waals surface area contributed by atoms with Crippen molar-refractivity contribution in [1.29, 1.82) is 0 Å². The first-order chi connectivity index (χ1) is 6.77. The van der Waals surface area contributed by atoms with E-state index < -0.39 is 0 Å². The van der Waals surface area contributed by atoms with Crippen LogP contribution in [-0.2, 0) is 0 Å². The Labute approximate surface area is 89.1 Å². The highest BCUT2D eigenvalue weighted by atomic mass is 15.2. The predicted octanol–water partition coefficient (Wildman–Crippen LogP) is 2.11. The monoisotopic (exact) mass is 198 g/mol. The van der Waals surface area contributed by atoms with Gasteiger partial charge in [0.1, 0.15) is 0 Å². The molecule has 1 saturated heterocycles. The first-order valence-corrected chi connectivity index (χ1v) is 6.22. The summed E-state index contributed by atoms with van der Waals surface area (Å²) in [7, 11) is 0.